The van der Waals surface area contributed by atoms with Gasteiger partial charge in [0.05, 0.1) is 132 Å². The molecule has 0 spiro atoms. The summed E-state index contributed by atoms with van der Waals surface area (Å²) in [6, 6.07) is 0. The molecule has 0 amide bonds. The van der Waals surface area contributed by atoms with Crippen LogP contribution in [0.4, 0.5) is 0 Å². The van der Waals surface area contributed by atoms with E-state index in [1.807, 2.05) is 0 Å². The minimum absolute atomic E-state index is 0.135. The number of esters is 2. The summed E-state index contributed by atoms with van der Waals surface area (Å²) in [4.78, 5) is 22.8. The smallest absolute Gasteiger partial charge is 0.330 e. The van der Waals surface area contributed by atoms with Crippen molar-refractivity contribution in [3.05, 3.63) is 12.7 Å². The van der Waals surface area contributed by atoms with Crippen molar-refractivity contribution < 1.29 is 66.4 Å². The Bertz CT molecular complexity index is 819. The lowest BCUT2D eigenvalue weighted by molar-refractivity contribution is -0.145. The third-order valence-corrected chi connectivity index (χ3v) is 8.46. The number of hydrogen-bond acceptors (Lipinski definition) is 14. The highest BCUT2D eigenvalue weighted by Gasteiger charge is 2.03. The highest BCUT2D eigenvalue weighted by atomic mass is 16.6. The molecule has 0 N–H and O–H groups in total. The number of ether oxygens (including phenoxy) is 12. The monoisotopic (exact) mass is 823 g/mol. The van der Waals surface area contributed by atoms with E-state index in [4.69, 9.17) is 56.8 Å². The van der Waals surface area contributed by atoms with E-state index in [1.54, 1.807) is 0 Å². The molecule has 0 aliphatic carbocycles. The van der Waals surface area contributed by atoms with Crippen molar-refractivity contribution in [3.63, 3.8) is 0 Å². The van der Waals surface area contributed by atoms with Gasteiger partial charge in [0.25, 0.3) is 0 Å². The van der Waals surface area contributed by atoms with Gasteiger partial charge in [-0.25, -0.2) is 4.79 Å². The maximum atomic E-state index is 11.9. The molecule has 0 saturated heterocycles. The molecule has 0 aromatic rings. The average Bonchev–Trinajstić information content (AvgIpc) is 3.22. The van der Waals surface area contributed by atoms with E-state index in [0.717, 1.165) is 18.9 Å². The predicted molar refractivity (Wildman–Crippen MR) is 220 cm³/mol. The third kappa shape index (κ3) is 50.4. The van der Waals surface area contributed by atoms with E-state index < -0.39 is 5.97 Å². The number of carbonyl (C=O) groups excluding carboxylic acids is 2. The Morgan fingerprint density at radius 2 is 0.561 bits per heavy atom. The van der Waals surface area contributed by atoms with E-state index >= 15 is 0 Å². The minimum Gasteiger partial charge on any atom is -0.463 e. The third-order valence-electron chi connectivity index (χ3n) is 8.46. The maximum absolute atomic E-state index is 11.9. The first-order chi connectivity index (χ1) is 28.2. The van der Waals surface area contributed by atoms with Crippen LogP contribution in [0.15, 0.2) is 12.7 Å². The molecule has 0 rings (SSSR count). The zero-order chi connectivity index (χ0) is 41.2. The van der Waals surface area contributed by atoms with Gasteiger partial charge >= 0.3 is 11.9 Å². The first-order valence-electron chi connectivity index (χ1n) is 21.9. The van der Waals surface area contributed by atoms with Crippen LogP contribution < -0.4 is 0 Å². The molecule has 0 radical (unpaired) electrons. The second-order valence-corrected chi connectivity index (χ2v) is 13.4. The van der Waals surface area contributed by atoms with Crippen LogP contribution >= 0.6 is 0 Å². The first kappa shape index (κ1) is 55.3. The van der Waals surface area contributed by atoms with Crippen molar-refractivity contribution >= 4 is 11.9 Å². The first-order valence-corrected chi connectivity index (χ1v) is 21.9. The summed E-state index contributed by atoms with van der Waals surface area (Å²) in [5.74, 6) is -0.595. The van der Waals surface area contributed by atoms with Gasteiger partial charge in [-0.05, 0) is 6.42 Å². The van der Waals surface area contributed by atoms with Gasteiger partial charge in [-0.15, -0.1) is 0 Å². The standard InChI is InChI=1S/C43H82O14/c1-3-5-6-7-8-9-10-11-12-13-14-15-16-17-18-19-43(45)57-41-39-55-37-35-53-33-31-51-29-27-49-25-23-47-21-20-46-22-24-48-26-28-50-30-32-52-34-36-54-38-40-56-42(44)4-2/h4H,2-3,5-41H2,1H3. The molecule has 0 unspecified atom stereocenters. The number of unbranched alkanes of at least 4 members (excludes halogenated alkanes) is 14. The fourth-order valence-corrected chi connectivity index (χ4v) is 5.27. The Labute approximate surface area is 345 Å². The van der Waals surface area contributed by atoms with Crippen molar-refractivity contribution in [2.45, 2.75) is 110 Å². The summed E-state index contributed by atoms with van der Waals surface area (Å²) in [5, 5.41) is 0. The zero-order valence-corrected chi connectivity index (χ0v) is 35.9. The van der Waals surface area contributed by atoms with Gasteiger partial charge in [-0.3, -0.25) is 4.79 Å². The lowest BCUT2D eigenvalue weighted by Gasteiger charge is -2.09. The van der Waals surface area contributed by atoms with Gasteiger partial charge < -0.3 is 56.8 Å². The highest BCUT2D eigenvalue weighted by Crippen LogP contribution is 2.14. The molecule has 0 aromatic heterocycles. The van der Waals surface area contributed by atoms with E-state index in [9.17, 15) is 9.59 Å². The Hall–Kier alpha value is -1.72. The van der Waals surface area contributed by atoms with Crippen LogP contribution in [-0.2, 0) is 66.4 Å². The van der Waals surface area contributed by atoms with Crippen molar-refractivity contribution in [2.24, 2.45) is 0 Å². The molecule has 14 heteroatoms. The Kier molecular flexibility index (Phi) is 48.9. The van der Waals surface area contributed by atoms with Crippen molar-refractivity contribution in [1.29, 1.82) is 0 Å². The van der Waals surface area contributed by atoms with Gasteiger partial charge in [0.1, 0.15) is 13.2 Å². The van der Waals surface area contributed by atoms with E-state index in [2.05, 4.69) is 13.5 Å². The summed E-state index contributed by atoms with van der Waals surface area (Å²) in [7, 11) is 0. The second-order valence-electron chi connectivity index (χ2n) is 13.4. The molecule has 14 nitrogen and oxygen atoms in total. The second kappa shape index (κ2) is 50.4. The molecule has 0 saturated carbocycles. The largest absolute Gasteiger partial charge is 0.463 e. The molecule has 0 aromatic carbocycles. The van der Waals surface area contributed by atoms with Crippen LogP contribution in [0.3, 0.4) is 0 Å². The van der Waals surface area contributed by atoms with Crippen molar-refractivity contribution in [1.82, 2.24) is 0 Å². The van der Waals surface area contributed by atoms with Crippen LogP contribution in [0.2, 0.25) is 0 Å². The number of rotatable bonds is 50. The molecule has 0 atom stereocenters. The molecule has 0 fully saturated rings. The molecule has 0 bridgehead atoms. The maximum Gasteiger partial charge on any atom is 0.330 e. The molecular weight excluding hydrogens is 740 g/mol. The van der Waals surface area contributed by atoms with Crippen LogP contribution in [-0.4, -0.2) is 157 Å². The van der Waals surface area contributed by atoms with Crippen LogP contribution in [0.25, 0.3) is 0 Å². The topological polar surface area (TPSA) is 145 Å². The molecular formula is C43H82O14. The summed E-state index contributed by atoms with van der Waals surface area (Å²) < 4.78 is 64.6. The molecule has 0 aliphatic rings. The van der Waals surface area contributed by atoms with E-state index in [0.29, 0.717) is 139 Å². The van der Waals surface area contributed by atoms with E-state index in [-0.39, 0.29) is 19.2 Å². The quantitative estimate of drug-likeness (QED) is 0.0365. The van der Waals surface area contributed by atoms with Crippen molar-refractivity contribution in [2.75, 3.05) is 145 Å². The Morgan fingerprint density at radius 3 is 0.825 bits per heavy atom. The predicted octanol–water partition coefficient (Wildman–Crippen LogP) is 6.69. The lowest BCUT2D eigenvalue weighted by Crippen LogP contribution is -2.15. The van der Waals surface area contributed by atoms with Crippen LogP contribution in [0.1, 0.15) is 110 Å². The molecule has 57 heavy (non-hydrogen) atoms. The summed E-state index contributed by atoms with van der Waals surface area (Å²) >= 11 is 0. The average molecular weight is 823 g/mol. The van der Waals surface area contributed by atoms with Gasteiger partial charge in [-0.1, -0.05) is 103 Å². The fourth-order valence-electron chi connectivity index (χ4n) is 5.27. The zero-order valence-electron chi connectivity index (χ0n) is 35.9. The SMILES string of the molecule is C=CC(=O)OCCOCCOCCOCCOCCOCCOCCOCCOCCOCCOCCOC(=O)CCCCCCCCCCCCCCCCC. The fraction of sp³-hybridized carbons (Fsp3) is 0.907. The van der Waals surface area contributed by atoms with Gasteiger partial charge in [0.2, 0.25) is 0 Å². The van der Waals surface area contributed by atoms with Gasteiger partial charge in [-0.2, -0.15) is 0 Å². The summed E-state index contributed by atoms with van der Waals surface area (Å²) in [6.45, 7) is 15.3. The molecule has 0 heterocycles. The van der Waals surface area contributed by atoms with Crippen LogP contribution in [0, 0.1) is 0 Å². The lowest BCUT2D eigenvalue weighted by atomic mass is 10.0. The minimum atomic E-state index is -0.461. The molecule has 338 valence electrons. The normalized spacial score (nSPS) is 11.3. The highest BCUT2D eigenvalue weighted by molar-refractivity contribution is 5.81. The molecule has 0 aliphatic heterocycles. The van der Waals surface area contributed by atoms with Crippen LogP contribution in [0.5, 0.6) is 0 Å². The van der Waals surface area contributed by atoms with Gasteiger partial charge in [0, 0.05) is 12.5 Å². The van der Waals surface area contributed by atoms with Gasteiger partial charge in [0.15, 0.2) is 0 Å². The van der Waals surface area contributed by atoms with Crippen molar-refractivity contribution in [3.8, 4) is 0 Å². The number of hydrogen-bond donors (Lipinski definition) is 0. The number of carbonyl (C=O) groups is 2. The van der Waals surface area contributed by atoms with E-state index in [1.165, 1.54) is 83.5 Å². The Morgan fingerprint density at radius 1 is 0.333 bits per heavy atom. The summed E-state index contributed by atoms with van der Waals surface area (Å²) in [6.07, 6.45) is 21.3. The Balaban J connectivity index is 3.14. The summed E-state index contributed by atoms with van der Waals surface area (Å²) in [5.41, 5.74) is 0.